The largest absolute Gasteiger partial charge is 0.459 e. The van der Waals surface area contributed by atoms with Gasteiger partial charge in [-0.2, -0.15) is 13.2 Å². The number of rotatable bonds is 7. The molecule has 10 heteroatoms. The smallest absolute Gasteiger partial charge is 0.416 e. The lowest BCUT2D eigenvalue weighted by molar-refractivity contribution is -0.137. The molecule has 1 aliphatic heterocycles. The number of aromatic nitrogens is 3. The van der Waals surface area contributed by atoms with Gasteiger partial charge in [-0.3, -0.25) is 9.69 Å². The van der Waals surface area contributed by atoms with E-state index < -0.39 is 11.7 Å². The minimum absolute atomic E-state index is 0.233. The third-order valence-corrected chi connectivity index (χ3v) is 5.88. The van der Waals surface area contributed by atoms with Gasteiger partial charge in [-0.15, -0.1) is 10.2 Å². The summed E-state index contributed by atoms with van der Waals surface area (Å²) in [5, 5.41) is 11.8. The van der Waals surface area contributed by atoms with Crippen molar-refractivity contribution in [3.05, 3.63) is 71.2 Å². The number of alkyl halides is 3. The maximum atomic E-state index is 13.1. The van der Waals surface area contributed by atoms with E-state index in [4.69, 9.17) is 4.42 Å². The number of benzene rings is 1. The van der Waals surface area contributed by atoms with Crippen LogP contribution in [0, 0.1) is 5.92 Å². The summed E-state index contributed by atoms with van der Waals surface area (Å²) < 4.78 is 46.5. The monoisotopic (exact) mass is 475 g/mol. The van der Waals surface area contributed by atoms with E-state index >= 15 is 0 Å². The van der Waals surface area contributed by atoms with Gasteiger partial charge in [-0.1, -0.05) is 32.0 Å². The fourth-order valence-corrected chi connectivity index (χ4v) is 4.25. The first-order valence-electron chi connectivity index (χ1n) is 11.4. The molecule has 1 aliphatic rings. The minimum Gasteiger partial charge on any atom is -0.459 e. The van der Waals surface area contributed by atoms with Gasteiger partial charge in [0.25, 0.3) is 5.91 Å². The highest BCUT2D eigenvalue weighted by molar-refractivity contribution is 5.91. The number of furan rings is 1. The molecule has 0 aliphatic carbocycles. The predicted molar refractivity (Wildman–Crippen MR) is 119 cm³/mol. The molecule has 1 amide bonds. The molecule has 2 aromatic heterocycles. The quantitative estimate of drug-likeness (QED) is 0.546. The van der Waals surface area contributed by atoms with E-state index in [1.54, 1.807) is 18.2 Å². The number of carbonyl (C=O) groups is 1. The second-order valence-electron chi connectivity index (χ2n) is 8.98. The third-order valence-electron chi connectivity index (χ3n) is 5.88. The Morgan fingerprint density at radius 3 is 2.68 bits per heavy atom. The maximum absolute atomic E-state index is 13.1. The number of carbonyl (C=O) groups excluding carboxylic acids is 1. The van der Waals surface area contributed by atoms with Crippen molar-refractivity contribution in [2.75, 3.05) is 13.1 Å². The summed E-state index contributed by atoms with van der Waals surface area (Å²) >= 11 is 0. The molecule has 1 atom stereocenters. The van der Waals surface area contributed by atoms with Gasteiger partial charge in [0, 0.05) is 32.6 Å². The van der Waals surface area contributed by atoms with Crippen LogP contribution in [0.25, 0.3) is 0 Å². The number of amides is 1. The highest BCUT2D eigenvalue weighted by atomic mass is 19.4. The zero-order chi connectivity index (χ0) is 24.3. The van der Waals surface area contributed by atoms with Crippen LogP contribution in [-0.2, 0) is 25.7 Å². The lowest BCUT2D eigenvalue weighted by Gasteiger charge is -2.22. The Balaban J connectivity index is 1.48. The van der Waals surface area contributed by atoms with E-state index in [-0.39, 0.29) is 17.7 Å². The van der Waals surface area contributed by atoms with Crippen molar-refractivity contribution in [1.82, 2.24) is 25.0 Å². The summed E-state index contributed by atoms with van der Waals surface area (Å²) in [6.45, 7) is 6.44. The van der Waals surface area contributed by atoms with Crippen LogP contribution in [0.5, 0.6) is 0 Å². The maximum Gasteiger partial charge on any atom is 0.416 e. The number of halogens is 3. The van der Waals surface area contributed by atoms with Crippen molar-refractivity contribution in [3.8, 4) is 0 Å². The fourth-order valence-electron chi connectivity index (χ4n) is 4.25. The Kier molecular flexibility index (Phi) is 7.06. The topological polar surface area (TPSA) is 76.2 Å². The first-order chi connectivity index (χ1) is 16.2. The van der Waals surface area contributed by atoms with Crippen LogP contribution in [0.2, 0.25) is 0 Å². The van der Waals surface area contributed by atoms with Crippen molar-refractivity contribution in [1.29, 1.82) is 0 Å². The number of hydrogen-bond donors (Lipinski definition) is 1. The molecule has 3 aromatic rings. The lowest BCUT2D eigenvalue weighted by Crippen LogP contribution is -2.32. The molecule has 1 N–H and O–H groups in total. The fraction of sp³-hybridized carbons (Fsp3) is 0.458. The second-order valence-corrected chi connectivity index (χ2v) is 8.98. The van der Waals surface area contributed by atoms with Crippen LogP contribution in [0.1, 0.15) is 59.6 Å². The summed E-state index contributed by atoms with van der Waals surface area (Å²) in [6.07, 6.45) is -1.61. The number of nitrogens with zero attached hydrogens (tertiary/aromatic N) is 4. The molecule has 0 radical (unpaired) electrons. The van der Waals surface area contributed by atoms with E-state index in [0.717, 1.165) is 11.9 Å². The SMILES string of the molecule is CC(C)C[C@H](NC(=O)c1ccco1)c1nnc2n1CCN(Cc1cccc(C(F)(F)F)c1)CC2. The third kappa shape index (κ3) is 5.67. The summed E-state index contributed by atoms with van der Waals surface area (Å²) in [7, 11) is 0. The zero-order valence-corrected chi connectivity index (χ0v) is 19.2. The Bertz CT molecular complexity index is 1110. The van der Waals surface area contributed by atoms with Gasteiger partial charge >= 0.3 is 6.18 Å². The Labute approximate surface area is 196 Å². The molecule has 0 spiro atoms. The average Bonchev–Trinajstić information content (AvgIpc) is 3.41. The molecule has 3 heterocycles. The molecule has 0 unspecified atom stereocenters. The zero-order valence-electron chi connectivity index (χ0n) is 19.2. The van der Waals surface area contributed by atoms with Crippen molar-refractivity contribution in [3.63, 3.8) is 0 Å². The van der Waals surface area contributed by atoms with E-state index in [9.17, 15) is 18.0 Å². The molecule has 0 saturated heterocycles. The molecular weight excluding hydrogens is 447 g/mol. The van der Waals surface area contributed by atoms with Crippen molar-refractivity contribution < 1.29 is 22.4 Å². The van der Waals surface area contributed by atoms with Gasteiger partial charge in [0.15, 0.2) is 11.6 Å². The van der Waals surface area contributed by atoms with E-state index in [1.165, 1.54) is 18.4 Å². The normalized spacial score (nSPS) is 15.7. The van der Waals surface area contributed by atoms with E-state index in [2.05, 4.69) is 34.3 Å². The summed E-state index contributed by atoms with van der Waals surface area (Å²) in [4.78, 5) is 14.7. The van der Waals surface area contributed by atoms with Crippen LogP contribution in [0.15, 0.2) is 47.1 Å². The van der Waals surface area contributed by atoms with Gasteiger partial charge in [0.05, 0.1) is 17.9 Å². The van der Waals surface area contributed by atoms with Gasteiger partial charge in [-0.05, 0) is 36.1 Å². The van der Waals surface area contributed by atoms with Crippen LogP contribution in [0.4, 0.5) is 13.2 Å². The van der Waals surface area contributed by atoms with E-state index in [0.29, 0.717) is 56.3 Å². The molecule has 0 fully saturated rings. The number of hydrogen-bond acceptors (Lipinski definition) is 5. The number of nitrogens with one attached hydrogen (secondary N) is 1. The first kappa shape index (κ1) is 24.0. The molecular formula is C24H28F3N5O2. The van der Waals surface area contributed by atoms with Crippen molar-refractivity contribution in [2.24, 2.45) is 5.92 Å². The molecule has 0 saturated carbocycles. The van der Waals surface area contributed by atoms with Crippen molar-refractivity contribution >= 4 is 5.91 Å². The average molecular weight is 476 g/mol. The molecule has 34 heavy (non-hydrogen) atoms. The van der Waals surface area contributed by atoms with Crippen LogP contribution in [0.3, 0.4) is 0 Å². The highest BCUT2D eigenvalue weighted by Gasteiger charge is 2.31. The van der Waals surface area contributed by atoms with Crippen LogP contribution < -0.4 is 5.32 Å². The van der Waals surface area contributed by atoms with Gasteiger partial charge in [0.2, 0.25) is 0 Å². The Hall–Kier alpha value is -3.14. The number of fused-ring (bicyclic) bond motifs is 1. The summed E-state index contributed by atoms with van der Waals surface area (Å²) in [6, 6.07) is 8.39. The van der Waals surface area contributed by atoms with Crippen LogP contribution >= 0.6 is 0 Å². The summed E-state index contributed by atoms with van der Waals surface area (Å²) in [5.74, 6) is 1.72. The standard InChI is InChI=1S/C24H28F3N5O2/c1-16(2)13-19(28-23(33)20-7-4-12-34-20)22-30-29-21-8-9-31(10-11-32(21)22)15-17-5-3-6-18(14-17)24(25,26)27/h3-7,12,14,16,19H,8-11,13,15H2,1-2H3,(H,28,33)/t19-/m0/s1. The molecule has 0 bridgehead atoms. The highest BCUT2D eigenvalue weighted by Crippen LogP contribution is 2.30. The molecule has 182 valence electrons. The Morgan fingerprint density at radius 1 is 1.15 bits per heavy atom. The van der Waals surface area contributed by atoms with Gasteiger partial charge in [-0.25, -0.2) is 0 Å². The molecule has 7 nitrogen and oxygen atoms in total. The lowest BCUT2D eigenvalue weighted by atomic mass is 10.0. The summed E-state index contributed by atoms with van der Waals surface area (Å²) in [5.41, 5.74) is -0.0147. The van der Waals surface area contributed by atoms with Gasteiger partial charge in [0.1, 0.15) is 5.82 Å². The van der Waals surface area contributed by atoms with Crippen molar-refractivity contribution in [2.45, 2.75) is 52.0 Å². The second kappa shape index (κ2) is 10.0. The first-order valence-corrected chi connectivity index (χ1v) is 11.4. The Morgan fingerprint density at radius 2 is 1.97 bits per heavy atom. The van der Waals surface area contributed by atoms with Gasteiger partial charge < -0.3 is 14.3 Å². The van der Waals surface area contributed by atoms with Crippen LogP contribution in [-0.4, -0.2) is 38.7 Å². The molecule has 4 rings (SSSR count). The molecule has 1 aromatic carbocycles. The predicted octanol–water partition coefficient (Wildman–Crippen LogP) is 4.47. The minimum atomic E-state index is -4.36. The van der Waals surface area contributed by atoms with E-state index in [1.807, 2.05) is 4.57 Å².